The van der Waals surface area contributed by atoms with Crippen LogP contribution in [-0.2, 0) is 51.2 Å². The number of carbonyl (C=O) groups is 4. The molecule has 2 aromatic carbocycles. The van der Waals surface area contributed by atoms with Gasteiger partial charge in [-0.25, -0.2) is 9.59 Å². The van der Waals surface area contributed by atoms with Crippen molar-refractivity contribution in [1.82, 2.24) is 9.80 Å². The Kier molecular flexibility index (Phi) is 18.6. The van der Waals surface area contributed by atoms with Crippen LogP contribution in [0.15, 0.2) is 106 Å². The average Bonchev–Trinajstić information content (AvgIpc) is 1.58. The van der Waals surface area contributed by atoms with Gasteiger partial charge in [-0.05, 0) is 185 Å². The number of allylic oxidation sites excluding steroid dienone is 4. The van der Waals surface area contributed by atoms with Crippen LogP contribution >= 0.6 is 0 Å². The van der Waals surface area contributed by atoms with Crippen molar-refractivity contribution in [3.8, 4) is 0 Å². The minimum absolute atomic E-state index is 0. The molecule has 14 rings (SSSR count). The summed E-state index contributed by atoms with van der Waals surface area (Å²) in [6.07, 6.45) is 22.2. The summed E-state index contributed by atoms with van der Waals surface area (Å²) < 4.78 is 37.2. The third-order valence-electron chi connectivity index (χ3n) is 25.8. The molecular weight excluding hydrogens is 1110 g/mol. The van der Waals surface area contributed by atoms with Crippen molar-refractivity contribution in [3.63, 3.8) is 0 Å². The summed E-state index contributed by atoms with van der Waals surface area (Å²) in [7, 11) is 0. The number of nitrogens with zero attached hydrogens (tertiary/aromatic N) is 2. The molecule has 4 aliphatic heterocycles. The normalized spacial score (nSPS) is 40.5. The number of amides is 2. The van der Waals surface area contributed by atoms with E-state index in [1.807, 2.05) is 65.6 Å². The van der Waals surface area contributed by atoms with Crippen LogP contribution < -0.4 is 0 Å². The fraction of sp³-hybridized carbons (Fsp3) is 0.688. The molecule has 0 bridgehead atoms. The lowest BCUT2D eigenvalue weighted by Gasteiger charge is -2.49. The molecule has 0 unspecified atom stereocenters. The van der Waals surface area contributed by atoms with Crippen LogP contribution in [0.1, 0.15) is 204 Å². The molecule has 0 N–H and O–H groups in total. The fourth-order valence-electron chi connectivity index (χ4n) is 21.4. The number of likely N-dealkylation sites (tertiary alicyclic amines) is 2. The molecule has 89 heavy (non-hydrogen) atoms. The Balaban J connectivity index is 0.000000187. The Morgan fingerprint density at radius 1 is 0.596 bits per heavy atom. The number of hydrogen-bond acceptors (Lipinski definition) is 10. The molecule has 2 amide bonds. The van der Waals surface area contributed by atoms with Crippen LogP contribution in [0.2, 0.25) is 0 Å². The van der Waals surface area contributed by atoms with Gasteiger partial charge in [-0.15, -0.1) is 0 Å². The maximum atomic E-state index is 13.6. The van der Waals surface area contributed by atoms with Gasteiger partial charge in [-0.1, -0.05) is 157 Å². The first-order valence-corrected chi connectivity index (χ1v) is 34.1. The lowest BCUT2D eigenvalue weighted by molar-refractivity contribution is -0.148. The summed E-state index contributed by atoms with van der Waals surface area (Å²) in [5, 5.41) is 0. The van der Waals surface area contributed by atoms with E-state index in [4.69, 9.17) is 28.4 Å². The van der Waals surface area contributed by atoms with Crippen molar-refractivity contribution in [1.29, 1.82) is 0 Å². The highest BCUT2D eigenvalue weighted by Crippen LogP contribution is 2.67. The molecule has 12 heteroatoms. The molecule has 12 nitrogen and oxygen atoms in total. The number of carbonyl (C=O) groups excluding carboxylic acids is 4. The second-order valence-corrected chi connectivity index (χ2v) is 30.5. The van der Waals surface area contributed by atoms with Gasteiger partial charge >= 0.3 is 18.2 Å². The van der Waals surface area contributed by atoms with E-state index in [-0.39, 0.29) is 110 Å². The van der Waals surface area contributed by atoms with Gasteiger partial charge in [0.1, 0.15) is 25.4 Å². The van der Waals surface area contributed by atoms with Crippen molar-refractivity contribution in [2.45, 2.75) is 254 Å². The van der Waals surface area contributed by atoms with E-state index >= 15 is 0 Å². The summed E-state index contributed by atoms with van der Waals surface area (Å²) in [6.45, 7) is 24.3. The van der Waals surface area contributed by atoms with E-state index in [0.717, 1.165) is 114 Å². The number of piperidine rings is 2. The van der Waals surface area contributed by atoms with Gasteiger partial charge in [-0.2, -0.15) is 0 Å². The fourth-order valence-corrected chi connectivity index (χ4v) is 21.4. The molecule has 0 aromatic heterocycles. The van der Waals surface area contributed by atoms with Crippen LogP contribution in [0.25, 0.3) is 0 Å². The van der Waals surface area contributed by atoms with Crippen LogP contribution in [-0.4, -0.2) is 94.7 Å². The van der Waals surface area contributed by atoms with Gasteiger partial charge in [0.2, 0.25) is 5.91 Å². The van der Waals surface area contributed by atoms with Crippen molar-refractivity contribution in [3.05, 3.63) is 117 Å². The largest absolute Gasteiger partial charge is 0.508 e. The average molecular weight is 1220 g/mol. The minimum Gasteiger partial charge on any atom is -0.462 e. The number of fused-ring (bicyclic) bond motifs is 12. The van der Waals surface area contributed by atoms with Gasteiger partial charge < -0.3 is 38.2 Å². The zero-order valence-corrected chi connectivity index (χ0v) is 54.0. The highest BCUT2D eigenvalue weighted by Gasteiger charge is 2.64. The Morgan fingerprint density at radius 3 is 1.70 bits per heavy atom. The standard InChI is InChI=1S/C43H53NO6.C32H47NO4.2CH4/c1-27-21-38-39(44(24-27)40(45)47-25-30-11-7-5-8-12-30)29(3)43(50-38)20-18-34-35-16-15-32-22-33(49-41(46)48-26-31-13-9-6-10-14-31)17-19-42(32,4)37(35)23-36(34)28(43)2;1-18-13-29-30(33(17-18)21(4)34)20(3)32(37-29)12-10-25-26-8-7-23-14-24(36-22(5)35)9-11-31(23,6)28(26)15-27(25)19(2)16-32;;/h5-15,27,29,33-35,37-39H,16-26H2,1-4H3;7,18,20,24-26,28-30H,8-17H2,1-6H3;2*1H4/t27-,29+,33-,34-,35-,37-,38+,39-,42-,43-;18-,20+,24-,25-,26-,28-,29+,30-,31-,32-;;/m00../s1. The molecule has 4 saturated heterocycles. The monoisotopic (exact) mass is 1220 g/mol. The number of rotatable bonds is 6. The summed E-state index contributed by atoms with van der Waals surface area (Å²) in [5.41, 5.74) is 11.2. The molecule has 2 spiro atoms. The summed E-state index contributed by atoms with van der Waals surface area (Å²) in [6, 6.07) is 19.9. The molecule has 8 fully saturated rings. The Bertz CT molecular complexity index is 3100. The Labute approximate surface area is 533 Å². The first-order chi connectivity index (χ1) is 41.7. The highest BCUT2D eigenvalue weighted by molar-refractivity contribution is 5.74. The number of esters is 1. The van der Waals surface area contributed by atoms with Crippen LogP contribution in [0.3, 0.4) is 0 Å². The first-order valence-electron chi connectivity index (χ1n) is 34.1. The molecule has 12 aliphatic rings. The van der Waals surface area contributed by atoms with E-state index in [1.54, 1.807) is 29.2 Å². The lowest BCUT2D eigenvalue weighted by Crippen LogP contribution is -2.54. The van der Waals surface area contributed by atoms with E-state index < -0.39 is 6.16 Å². The van der Waals surface area contributed by atoms with E-state index in [1.165, 1.54) is 30.9 Å². The van der Waals surface area contributed by atoms with Gasteiger partial charge in [0, 0.05) is 51.6 Å². The number of benzene rings is 2. The van der Waals surface area contributed by atoms with Crippen molar-refractivity contribution < 1.29 is 47.6 Å². The molecule has 20 atom stereocenters. The maximum absolute atomic E-state index is 13.6. The van der Waals surface area contributed by atoms with E-state index in [2.05, 4.69) is 72.4 Å². The molecule has 4 heterocycles. The highest BCUT2D eigenvalue weighted by atomic mass is 16.7. The Morgan fingerprint density at radius 2 is 1.11 bits per heavy atom. The SMILES string of the molecule is C.C.CC(=O)O[C@H]1CC[C@@]2(C)C(=CC[C@H]3[C@@H]4CC[C@@]5(CC(C)=C4C[C@@H]32)O[C@@H]2C[C@H](C)CN(C(C)=O)[C@H]2[C@H]5C)C1.CC1=C2C[C@H]3[C@@H](CC=C4C[C@@H](OC(=O)OCc5ccccc5)CC[C@@]43C)[C@@H]2CC[C@]12O[C@@H]1C[C@H](C)CN(C(=O)OCc3ccccc3)[C@H]1[C@H]2C. The van der Waals surface area contributed by atoms with Crippen molar-refractivity contribution >= 4 is 24.1 Å². The predicted octanol–water partition coefficient (Wildman–Crippen LogP) is 16.9. The topological polar surface area (TPSA) is 130 Å². The number of hydrogen-bond donors (Lipinski definition) is 0. The minimum atomic E-state index is -0.571. The lowest BCUT2D eigenvalue weighted by atomic mass is 9.56. The van der Waals surface area contributed by atoms with Crippen molar-refractivity contribution in [2.75, 3.05) is 13.1 Å². The summed E-state index contributed by atoms with van der Waals surface area (Å²) in [5.74, 6) is 5.37. The molecule has 2 aromatic rings. The van der Waals surface area contributed by atoms with Gasteiger partial charge in [0.25, 0.3) is 0 Å². The Hall–Kier alpha value is -5.20. The van der Waals surface area contributed by atoms with E-state index in [0.29, 0.717) is 59.8 Å². The second-order valence-electron chi connectivity index (χ2n) is 30.5. The maximum Gasteiger partial charge on any atom is 0.508 e. The van der Waals surface area contributed by atoms with Crippen LogP contribution in [0.4, 0.5) is 9.59 Å². The molecule has 0 radical (unpaired) electrons. The molecule has 486 valence electrons. The van der Waals surface area contributed by atoms with Crippen molar-refractivity contribution in [2.24, 2.45) is 70.0 Å². The predicted molar refractivity (Wildman–Crippen MR) is 348 cm³/mol. The van der Waals surface area contributed by atoms with Gasteiger partial charge in [0.05, 0.1) is 35.5 Å². The van der Waals surface area contributed by atoms with Crippen LogP contribution in [0.5, 0.6) is 0 Å². The first kappa shape index (κ1) is 65.3. The quantitative estimate of drug-likeness (QED) is 0.157. The molecular formula is C77H108N2O10. The van der Waals surface area contributed by atoms with Gasteiger partial charge in [-0.3, -0.25) is 9.59 Å². The molecule has 8 aliphatic carbocycles. The third kappa shape index (κ3) is 11.6. The van der Waals surface area contributed by atoms with Gasteiger partial charge in [0.15, 0.2) is 0 Å². The zero-order chi connectivity index (χ0) is 60.9. The zero-order valence-electron chi connectivity index (χ0n) is 54.0. The van der Waals surface area contributed by atoms with Crippen LogP contribution in [0, 0.1) is 70.0 Å². The smallest absolute Gasteiger partial charge is 0.462 e. The van der Waals surface area contributed by atoms with E-state index in [9.17, 15) is 19.2 Å². The summed E-state index contributed by atoms with van der Waals surface area (Å²) in [4.78, 5) is 54.6. The summed E-state index contributed by atoms with van der Waals surface area (Å²) >= 11 is 0. The molecule has 4 saturated carbocycles. The third-order valence-corrected chi connectivity index (χ3v) is 25.8. The second kappa shape index (κ2) is 25.4. The number of ether oxygens (including phenoxy) is 6.